The maximum absolute atomic E-state index is 6.26. The predicted molar refractivity (Wildman–Crippen MR) is 80.4 cm³/mol. The molecule has 2 aliphatic rings. The minimum Gasteiger partial charge on any atom is -0.472 e. The van der Waals surface area contributed by atoms with E-state index in [0.717, 1.165) is 42.9 Å². The van der Waals surface area contributed by atoms with Gasteiger partial charge < -0.3 is 9.15 Å². The largest absolute Gasteiger partial charge is 0.472 e. The number of likely N-dealkylation sites (tertiary alicyclic amines) is 1. The Bertz CT molecular complexity index is 638. The number of fused-ring (bicyclic) bond motifs is 1. The van der Waals surface area contributed by atoms with Gasteiger partial charge in [-0.3, -0.25) is 4.90 Å². The fraction of sp³-hybridized carbons (Fsp3) is 0.471. The van der Waals surface area contributed by atoms with Gasteiger partial charge in [-0.1, -0.05) is 6.92 Å². The molecule has 2 aliphatic heterocycles. The fourth-order valence-electron chi connectivity index (χ4n) is 3.58. The normalized spacial score (nSPS) is 25.0. The highest BCUT2D eigenvalue weighted by molar-refractivity contribution is 5.63. The maximum Gasteiger partial charge on any atom is 0.217 e. The molecule has 2 aromatic rings. The van der Waals surface area contributed by atoms with E-state index in [0.29, 0.717) is 0 Å². The molecule has 0 aromatic carbocycles. The number of likely N-dealkylation sites (N-methyl/N-ethyl adjacent to an activating group) is 1. The first-order valence-corrected chi connectivity index (χ1v) is 7.71. The summed E-state index contributed by atoms with van der Waals surface area (Å²) in [7, 11) is 0. The van der Waals surface area contributed by atoms with Crippen molar-refractivity contribution < 1.29 is 9.15 Å². The van der Waals surface area contributed by atoms with Crippen molar-refractivity contribution in [2.75, 3.05) is 19.6 Å². The maximum atomic E-state index is 6.26. The second kappa shape index (κ2) is 4.88. The molecule has 0 bridgehead atoms. The Labute approximate surface area is 124 Å². The first-order chi connectivity index (χ1) is 10.3. The minimum atomic E-state index is -0.0569. The average Bonchev–Trinajstić information content (AvgIpc) is 3.13. The molecule has 110 valence electrons. The van der Waals surface area contributed by atoms with Crippen LogP contribution in [0.15, 0.2) is 35.3 Å². The number of hydrogen-bond donors (Lipinski definition) is 0. The van der Waals surface area contributed by atoms with Gasteiger partial charge in [-0.2, -0.15) is 0 Å². The molecule has 4 heterocycles. The molecule has 1 saturated heterocycles. The molecule has 1 fully saturated rings. The number of hydrogen-bond acceptors (Lipinski definition) is 4. The zero-order valence-electron chi connectivity index (χ0n) is 12.3. The Morgan fingerprint density at radius 1 is 1.38 bits per heavy atom. The van der Waals surface area contributed by atoms with Gasteiger partial charge in [0.2, 0.25) is 5.88 Å². The lowest BCUT2D eigenvalue weighted by Gasteiger charge is -2.38. The highest BCUT2D eigenvalue weighted by Crippen LogP contribution is 2.40. The summed E-state index contributed by atoms with van der Waals surface area (Å²) < 4.78 is 11.4. The summed E-state index contributed by atoms with van der Waals surface area (Å²) in [5.41, 5.74) is 3.35. The lowest BCUT2D eigenvalue weighted by Crippen LogP contribution is -2.51. The van der Waals surface area contributed by atoms with E-state index in [1.165, 1.54) is 18.5 Å². The van der Waals surface area contributed by atoms with Crippen molar-refractivity contribution in [3.05, 3.63) is 36.4 Å². The molecule has 0 unspecified atom stereocenters. The lowest BCUT2D eigenvalue weighted by molar-refractivity contribution is 0.00781. The highest BCUT2D eigenvalue weighted by atomic mass is 16.5. The number of furan rings is 1. The monoisotopic (exact) mass is 284 g/mol. The van der Waals surface area contributed by atoms with E-state index in [4.69, 9.17) is 9.15 Å². The van der Waals surface area contributed by atoms with Gasteiger partial charge >= 0.3 is 0 Å². The number of ether oxygens (including phenoxy) is 1. The fourth-order valence-corrected chi connectivity index (χ4v) is 3.58. The van der Waals surface area contributed by atoms with Crippen LogP contribution in [0.25, 0.3) is 11.1 Å². The van der Waals surface area contributed by atoms with Crippen LogP contribution in [-0.2, 0) is 6.42 Å². The molecular weight excluding hydrogens is 264 g/mol. The Morgan fingerprint density at radius 2 is 2.33 bits per heavy atom. The predicted octanol–water partition coefficient (Wildman–Crippen LogP) is 3.13. The van der Waals surface area contributed by atoms with Crippen LogP contribution in [-0.4, -0.2) is 35.1 Å². The zero-order valence-corrected chi connectivity index (χ0v) is 12.3. The van der Waals surface area contributed by atoms with E-state index in [9.17, 15) is 0 Å². The van der Waals surface area contributed by atoms with Crippen LogP contribution in [0.3, 0.4) is 0 Å². The van der Waals surface area contributed by atoms with Gasteiger partial charge in [0, 0.05) is 35.9 Å². The summed E-state index contributed by atoms with van der Waals surface area (Å²) >= 11 is 0. The van der Waals surface area contributed by atoms with Crippen molar-refractivity contribution >= 4 is 0 Å². The summed E-state index contributed by atoms with van der Waals surface area (Å²) in [5, 5.41) is 0. The van der Waals surface area contributed by atoms with Gasteiger partial charge in [0.1, 0.15) is 5.60 Å². The van der Waals surface area contributed by atoms with Crippen molar-refractivity contribution in [3.63, 3.8) is 0 Å². The zero-order chi connectivity index (χ0) is 14.3. The highest BCUT2D eigenvalue weighted by Gasteiger charge is 2.43. The molecule has 4 rings (SSSR count). The summed E-state index contributed by atoms with van der Waals surface area (Å²) in [4.78, 5) is 7.01. The quantitative estimate of drug-likeness (QED) is 0.849. The smallest absolute Gasteiger partial charge is 0.217 e. The Morgan fingerprint density at radius 3 is 3.14 bits per heavy atom. The van der Waals surface area contributed by atoms with E-state index in [-0.39, 0.29) is 5.60 Å². The van der Waals surface area contributed by atoms with Gasteiger partial charge in [-0.05, 0) is 38.1 Å². The number of aromatic nitrogens is 1. The van der Waals surface area contributed by atoms with Crippen LogP contribution in [0, 0.1) is 0 Å². The van der Waals surface area contributed by atoms with Crippen molar-refractivity contribution in [2.45, 2.75) is 31.8 Å². The first-order valence-electron chi connectivity index (χ1n) is 7.71. The molecule has 21 heavy (non-hydrogen) atoms. The van der Waals surface area contributed by atoms with Crippen molar-refractivity contribution in [2.24, 2.45) is 0 Å². The van der Waals surface area contributed by atoms with Crippen molar-refractivity contribution in [1.82, 2.24) is 9.88 Å². The molecule has 0 aliphatic carbocycles. The van der Waals surface area contributed by atoms with Gasteiger partial charge in [0.25, 0.3) is 0 Å². The van der Waals surface area contributed by atoms with E-state index in [1.807, 2.05) is 12.3 Å². The third-order valence-corrected chi connectivity index (χ3v) is 4.67. The molecule has 4 heteroatoms. The van der Waals surface area contributed by atoms with Gasteiger partial charge in [-0.15, -0.1) is 0 Å². The Balaban J connectivity index is 1.62. The van der Waals surface area contributed by atoms with E-state index in [1.54, 1.807) is 12.5 Å². The standard InChI is InChI=1S/C17H20N2O2/c1-2-19-6-3-5-17(12-19)9-14-8-15(10-18-16(14)21-17)13-4-7-20-11-13/h4,7-8,10-11H,2-3,5-6,9,12H2,1H3/t17-/m0/s1. The molecule has 1 spiro atoms. The molecular formula is C17H20N2O2. The SMILES string of the molecule is CCN1CCC[C@]2(Cc3cc(-c4ccoc4)cnc3O2)C1. The van der Waals surface area contributed by atoms with Gasteiger partial charge in [0.05, 0.1) is 12.5 Å². The van der Waals surface area contributed by atoms with Crippen molar-refractivity contribution in [3.8, 4) is 17.0 Å². The Kier molecular flexibility index (Phi) is 3.00. The number of pyridine rings is 1. The molecule has 0 amide bonds. The second-order valence-electron chi connectivity index (χ2n) is 6.13. The third-order valence-electron chi connectivity index (χ3n) is 4.67. The number of nitrogens with zero attached hydrogens (tertiary/aromatic N) is 2. The average molecular weight is 284 g/mol. The van der Waals surface area contributed by atoms with Crippen LogP contribution in [0.4, 0.5) is 0 Å². The van der Waals surface area contributed by atoms with Gasteiger partial charge in [-0.25, -0.2) is 4.98 Å². The van der Waals surface area contributed by atoms with Crippen LogP contribution in [0.1, 0.15) is 25.3 Å². The molecule has 2 aromatic heterocycles. The second-order valence-corrected chi connectivity index (χ2v) is 6.13. The summed E-state index contributed by atoms with van der Waals surface area (Å²) in [5.74, 6) is 0.820. The van der Waals surface area contributed by atoms with E-state index in [2.05, 4.69) is 22.9 Å². The van der Waals surface area contributed by atoms with Crippen molar-refractivity contribution in [1.29, 1.82) is 0 Å². The lowest BCUT2D eigenvalue weighted by atomic mass is 9.88. The van der Waals surface area contributed by atoms with E-state index < -0.39 is 0 Å². The van der Waals surface area contributed by atoms with Crippen LogP contribution in [0.5, 0.6) is 5.88 Å². The van der Waals surface area contributed by atoms with E-state index >= 15 is 0 Å². The summed E-state index contributed by atoms with van der Waals surface area (Å²) in [6, 6.07) is 4.17. The number of rotatable bonds is 2. The minimum absolute atomic E-state index is 0.0569. The molecule has 1 atom stereocenters. The molecule has 0 saturated carbocycles. The first kappa shape index (κ1) is 12.9. The third kappa shape index (κ3) is 2.23. The molecule has 0 radical (unpaired) electrons. The summed E-state index contributed by atoms with van der Waals surface area (Å²) in [6.07, 6.45) is 8.63. The van der Waals surface area contributed by atoms with Crippen LogP contribution < -0.4 is 4.74 Å². The molecule has 0 N–H and O–H groups in total. The van der Waals surface area contributed by atoms with Gasteiger partial charge in [0.15, 0.2) is 0 Å². The topological polar surface area (TPSA) is 38.5 Å². The van der Waals surface area contributed by atoms with Crippen LogP contribution in [0.2, 0.25) is 0 Å². The summed E-state index contributed by atoms with van der Waals surface area (Å²) in [6.45, 7) is 5.51. The number of piperidine rings is 1. The van der Waals surface area contributed by atoms with Crippen LogP contribution >= 0.6 is 0 Å². The Hall–Kier alpha value is -1.81. The molecule has 4 nitrogen and oxygen atoms in total.